The third kappa shape index (κ3) is 3.91. The number of benzene rings is 2. The Balaban J connectivity index is 2.66. The van der Waals surface area contributed by atoms with E-state index in [4.69, 9.17) is 0 Å². The summed E-state index contributed by atoms with van der Waals surface area (Å²) in [6, 6.07) is 15.4. The molecule has 0 bridgehead atoms. The number of rotatable bonds is 1. The van der Waals surface area contributed by atoms with Crippen LogP contribution < -0.4 is 0 Å². The Kier molecular flexibility index (Phi) is 4.26. The molecule has 0 nitrogen and oxygen atoms in total. The van der Waals surface area contributed by atoms with Crippen molar-refractivity contribution in [2.45, 2.75) is 57.3 Å². The average molecular weight is 298 g/mol. The smallest absolute Gasteiger partial charge is 0.00461 e. The zero-order valence-corrected chi connectivity index (χ0v) is 14.9. The highest BCUT2D eigenvalue weighted by Crippen LogP contribution is 2.34. The zero-order chi connectivity index (χ0) is 15.8. The van der Waals surface area contributed by atoms with E-state index in [1.165, 1.54) is 22.3 Å². The molecule has 0 fully saturated rings. The Labute approximate surface area is 135 Å². The van der Waals surface area contributed by atoms with Gasteiger partial charge in [-0.25, -0.2) is 0 Å². The van der Waals surface area contributed by atoms with Gasteiger partial charge in [0.2, 0.25) is 0 Å². The van der Waals surface area contributed by atoms with Gasteiger partial charge in [-0.2, -0.15) is 0 Å². The van der Waals surface area contributed by atoms with E-state index in [-0.39, 0.29) is 10.8 Å². The van der Waals surface area contributed by atoms with Crippen molar-refractivity contribution >= 4 is 12.6 Å². The Bertz CT molecular complexity index is 607. The molecule has 0 unspecified atom stereocenters. The van der Waals surface area contributed by atoms with Gasteiger partial charge in [0.15, 0.2) is 0 Å². The molecule has 0 aliphatic heterocycles. The van der Waals surface area contributed by atoms with Crippen molar-refractivity contribution in [1.29, 1.82) is 0 Å². The van der Waals surface area contributed by atoms with Gasteiger partial charge >= 0.3 is 0 Å². The molecule has 0 heterocycles. The number of thiol groups is 1. The van der Waals surface area contributed by atoms with Crippen LogP contribution in [0, 0.1) is 0 Å². The van der Waals surface area contributed by atoms with Gasteiger partial charge in [-0.3, -0.25) is 0 Å². The molecule has 0 spiro atoms. The quantitative estimate of drug-likeness (QED) is 0.592. The Hall–Kier alpha value is -1.21. The molecule has 112 valence electrons. The maximum absolute atomic E-state index is 4.47. The Morgan fingerprint density at radius 3 is 1.62 bits per heavy atom. The molecular formula is C20H26S. The topological polar surface area (TPSA) is 0 Å². The molecule has 0 aliphatic carbocycles. The summed E-state index contributed by atoms with van der Waals surface area (Å²) >= 11 is 4.47. The van der Waals surface area contributed by atoms with Gasteiger partial charge in [-0.15, -0.1) is 12.6 Å². The van der Waals surface area contributed by atoms with Crippen molar-refractivity contribution in [1.82, 2.24) is 0 Å². The second-order valence-corrected chi connectivity index (χ2v) is 8.37. The fraction of sp³-hybridized carbons (Fsp3) is 0.400. The minimum absolute atomic E-state index is 0.147. The summed E-state index contributed by atoms with van der Waals surface area (Å²) in [4.78, 5) is 1.01. The molecule has 21 heavy (non-hydrogen) atoms. The predicted molar refractivity (Wildman–Crippen MR) is 96.5 cm³/mol. The van der Waals surface area contributed by atoms with Crippen LogP contribution in [0.3, 0.4) is 0 Å². The van der Waals surface area contributed by atoms with Crippen LogP contribution in [-0.4, -0.2) is 0 Å². The summed E-state index contributed by atoms with van der Waals surface area (Å²) in [6.45, 7) is 13.6. The first kappa shape index (κ1) is 16.2. The minimum atomic E-state index is 0.147. The fourth-order valence-electron chi connectivity index (χ4n) is 2.35. The van der Waals surface area contributed by atoms with Crippen molar-refractivity contribution in [2.24, 2.45) is 0 Å². The van der Waals surface area contributed by atoms with Crippen LogP contribution >= 0.6 is 12.6 Å². The van der Waals surface area contributed by atoms with Gasteiger partial charge in [-0.1, -0.05) is 71.9 Å². The molecule has 2 aromatic carbocycles. The first-order valence-electron chi connectivity index (χ1n) is 7.53. The lowest BCUT2D eigenvalue weighted by Gasteiger charge is -2.26. The molecule has 0 radical (unpaired) electrons. The highest BCUT2D eigenvalue weighted by molar-refractivity contribution is 7.80. The summed E-state index contributed by atoms with van der Waals surface area (Å²) in [5, 5.41) is 0. The van der Waals surface area contributed by atoms with Crippen molar-refractivity contribution < 1.29 is 0 Å². The third-order valence-corrected chi connectivity index (χ3v) is 4.12. The van der Waals surface area contributed by atoms with Crippen LogP contribution in [0.2, 0.25) is 0 Å². The highest BCUT2D eigenvalue weighted by atomic mass is 32.1. The molecule has 1 heteroatoms. The lowest BCUT2D eigenvalue weighted by molar-refractivity contribution is 0.569. The van der Waals surface area contributed by atoms with Crippen molar-refractivity contribution in [3.05, 3.63) is 53.6 Å². The minimum Gasteiger partial charge on any atom is -0.143 e. The Morgan fingerprint density at radius 2 is 1.19 bits per heavy atom. The first-order valence-corrected chi connectivity index (χ1v) is 7.97. The van der Waals surface area contributed by atoms with Gasteiger partial charge in [0.1, 0.15) is 0 Å². The maximum atomic E-state index is 4.47. The van der Waals surface area contributed by atoms with E-state index >= 15 is 0 Å². The molecule has 0 saturated carbocycles. The summed E-state index contributed by atoms with van der Waals surface area (Å²) in [5.41, 5.74) is 5.58. The second-order valence-electron chi connectivity index (χ2n) is 7.85. The highest BCUT2D eigenvalue weighted by Gasteiger charge is 2.20. The first-order chi connectivity index (χ1) is 9.57. The van der Waals surface area contributed by atoms with Crippen molar-refractivity contribution in [2.75, 3.05) is 0 Å². The van der Waals surface area contributed by atoms with Crippen LogP contribution in [0.15, 0.2) is 47.4 Å². The number of hydrogen-bond acceptors (Lipinski definition) is 1. The largest absolute Gasteiger partial charge is 0.143 e. The van der Waals surface area contributed by atoms with E-state index < -0.39 is 0 Å². The zero-order valence-electron chi connectivity index (χ0n) is 14.0. The van der Waals surface area contributed by atoms with Crippen molar-refractivity contribution in [3.8, 4) is 11.1 Å². The predicted octanol–water partition coefficient (Wildman–Crippen LogP) is 6.24. The molecule has 2 rings (SSSR count). The fourth-order valence-corrected chi connectivity index (χ4v) is 2.57. The molecule has 0 N–H and O–H groups in total. The van der Waals surface area contributed by atoms with E-state index in [0.29, 0.717) is 0 Å². The molecule has 0 amide bonds. The summed E-state index contributed by atoms with van der Waals surface area (Å²) in [6.07, 6.45) is 0. The van der Waals surface area contributed by atoms with Gasteiger partial charge < -0.3 is 0 Å². The summed E-state index contributed by atoms with van der Waals surface area (Å²) in [7, 11) is 0. The van der Waals surface area contributed by atoms with Crippen LogP contribution in [-0.2, 0) is 10.8 Å². The molecule has 0 saturated heterocycles. The van der Waals surface area contributed by atoms with Gasteiger partial charge in [0, 0.05) is 4.90 Å². The second kappa shape index (κ2) is 5.53. The summed E-state index contributed by atoms with van der Waals surface area (Å²) in [5.74, 6) is 0. The van der Waals surface area contributed by atoms with E-state index in [0.717, 1.165) is 4.90 Å². The van der Waals surface area contributed by atoms with E-state index in [9.17, 15) is 0 Å². The van der Waals surface area contributed by atoms with Crippen LogP contribution in [0.1, 0.15) is 52.7 Å². The Morgan fingerprint density at radius 1 is 0.667 bits per heavy atom. The van der Waals surface area contributed by atoms with E-state index in [1.54, 1.807) is 0 Å². The SMILES string of the molecule is CC(C)(C)c1cc(-c2cccc(S)c2)cc(C(C)(C)C)c1. The maximum Gasteiger partial charge on any atom is 0.00461 e. The standard InChI is InChI=1S/C20H26S/c1-19(2,3)16-10-15(11-17(13-16)20(4,5)6)14-8-7-9-18(21)12-14/h7-13,21H,1-6H3. The van der Waals surface area contributed by atoms with E-state index in [2.05, 4.69) is 90.6 Å². The third-order valence-electron chi connectivity index (χ3n) is 3.84. The van der Waals surface area contributed by atoms with Crippen LogP contribution in [0.4, 0.5) is 0 Å². The monoisotopic (exact) mass is 298 g/mol. The molecular weight excluding hydrogens is 272 g/mol. The average Bonchev–Trinajstić information content (AvgIpc) is 2.36. The van der Waals surface area contributed by atoms with E-state index in [1.807, 2.05) is 6.07 Å². The summed E-state index contributed by atoms with van der Waals surface area (Å²) < 4.78 is 0. The molecule has 0 atom stereocenters. The van der Waals surface area contributed by atoms with Gasteiger partial charge in [0.25, 0.3) is 0 Å². The lowest BCUT2D eigenvalue weighted by Crippen LogP contribution is -2.16. The normalized spacial score (nSPS) is 12.5. The number of hydrogen-bond donors (Lipinski definition) is 1. The van der Waals surface area contributed by atoms with Crippen LogP contribution in [0.5, 0.6) is 0 Å². The molecule has 0 aromatic heterocycles. The molecule has 0 aliphatic rings. The molecule has 2 aromatic rings. The van der Waals surface area contributed by atoms with Crippen LogP contribution in [0.25, 0.3) is 11.1 Å². The van der Waals surface area contributed by atoms with Crippen molar-refractivity contribution in [3.63, 3.8) is 0 Å². The van der Waals surface area contributed by atoms with Gasteiger partial charge in [-0.05, 0) is 45.2 Å². The van der Waals surface area contributed by atoms with Gasteiger partial charge in [0.05, 0.1) is 0 Å². The lowest BCUT2D eigenvalue weighted by atomic mass is 9.79.